The third kappa shape index (κ3) is 3.09. The van der Waals surface area contributed by atoms with Gasteiger partial charge in [0, 0.05) is 6.04 Å². The molecule has 0 spiro atoms. The highest BCUT2D eigenvalue weighted by atomic mass is 35.5. The fourth-order valence-corrected chi connectivity index (χ4v) is 1.06. The van der Waals surface area contributed by atoms with Crippen molar-refractivity contribution in [3.8, 4) is 0 Å². The van der Waals surface area contributed by atoms with Crippen molar-refractivity contribution in [2.75, 3.05) is 0 Å². The van der Waals surface area contributed by atoms with Crippen molar-refractivity contribution < 1.29 is 8.78 Å². The number of nitrogens with two attached hydrogens (primary N) is 1. The highest BCUT2D eigenvalue weighted by Gasteiger charge is 2.07. The number of benzene rings is 1. The summed E-state index contributed by atoms with van der Waals surface area (Å²) in [5.41, 5.74) is 6.25. The van der Waals surface area contributed by atoms with Crippen molar-refractivity contribution in [1.29, 1.82) is 0 Å². The van der Waals surface area contributed by atoms with Gasteiger partial charge in [-0.3, -0.25) is 0 Å². The van der Waals surface area contributed by atoms with Gasteiger partial charge in [0.2, 0.25) is 0 Å². The molecule has 2 N–H and O–H groups in total. The molecule has 1 aromatic carbocycles. The molecule has 0 heterocycles. The minimum absolute atomic E-state index is 0. The van der Waals surface area contributed by atoms with Crippen LogP contribution in [0.5, 0.6) is 0 Å². The van der Waals surface area contributed by atoms with Crippen LogP contribution in [0.1, 0.15) is 18.0 Å². The maximum absolute atomic E-state index is 12.7. The summed E-state index contributed by atoms with van der Waals surface area (Å²) in [7, 11) is 0. The summed E-state index contributed by atoms with van der Waals surface area (Å²) in [6.45, 7) is 3.52. The molecule has 1 aromatic rings. The van der Waals surface area contributed by atoms with Crippen LogP contribution in [0.4, 0.5) is 8.78 Å². The molecule has 4 heteroatoms. The lowest BCUT2D eigenvalue weighted by Crippen LogP contribution is -2.09. The van der Waals surface area contributed by atoms with Crippen LogP contribution < -0.4 is 5.73 Å². The van der Waals surface area contributed by atoms with Gasteiger partial charge in [0.05, 0.1) is 0 Å². The lowest BCUT2D eigenvalue weighted by atomic mass is 10.0. The van der Waals surface area contributed by atoms with Gasteiger partial charge in [0.25, 0.3) is 0 Å². The zero-order chi connectivity index (χ0) is 9.84. The van der Waals surface area contributed by atoms with Gasteiger partial charge in [-0.05, 0) is 24.1 Å². The monoisotopic (exact) mass is 219 g/mol. The van der Waals surface area contributed by atoms with Crippen molar-refractivity contribution in [3.63, 3.8) is 0 Å². The van der Waals surface area contributed by atoms with Gasteiger partial charge in [-0.25, -0.2) is 8.78 Å². The molecule has 1 rings (SSSR count). The maximum Gasteiger partial charge on any atom is 0.159 e. The number of hydrogen-bond donors (Lipinski definition) is 1. The van der Waals surface area contributed by atoms with Crippen LogP contribution in [0.2, 0.25) is 0 Å². The first-order valence-electron chi connectivity index (χ1n) is 3.96. The summed E-state index contributed by atoms with van der Waals surface area (Å²) < 4.78 is 25.2. The van der Waals surface area contributed by atoms with Crippen LogP contribution in [0.25, 0.3) is 0 Å². The Balaban J connectivity index is 0.00000169. The molecule has 0 aromatic heterocycles. The number of hydrogen-bond acceptors (Lipinski definition) is 1. The summed E-state index contributed by atoms with van der Waals surface area (Å²) in [6, 6.07) is 3.36. The first kappa shape index (κ1) is 13.1. The van der Waals surface area contributed by atoms with E-state index < -0.39 is 11.6 Å². The Morgan fingerprint density at radius 2 is 2.00 bits per heavy atom. The van der Waals surface area contributed by atoms with Crippen molar-refractivity contribution in [3.05, 3.63) is 48.1 Å². The summed E-state index contributed by atoms with van der Waals surface area (Å²) >= 11 is 0. The van der Waals surface area contributed by atoms with E-state index in [4.69, 9.17) is 5.73 Å². The van der Waals surface area contributed by atoms with Gasteiger partial charge in [0.15, 0.2) is 11.6 Å². The molecule has 0 unspecified atom stereocenters. The zero-order valence-corrected chi connectivity index (χ0v) is 8.36. The molecular weight excluding hydrogens is 208 g/mol. The summed E-state index contributed by atoms with van der Waals surface area (Å²) in [6.07, 6.45) is 2.19. The van der Waals surface area contributed by atoms with E-state index in [-0.39, 0.29) is 18.4 Å². The van der Waals surface area contributed by atoms with Gasteiger partial charge in [0.1, 0.15) is 0 Å². The predicted octanol–water partition coefficient (Wildman–Crippen LogP) is 2.96. The van der Waals surface area contributed by atoms with Crippen LogP contribution >= 0.6 is 12.4 Å². The van der Waals surface area contributed by atoms with Crippen molar-refractivity contribution in [2.24, 2.45) is 5.73 Å². The van der Waals surface area contributed by atoms with Gasteiger partial charge in [-0.1, -0.05) is 12.1 Å². The fraction of sp³-hybridized carbons (Fsp3) is 0.200. The second-order valence-electron chi connectivity index (χ2n) is 2.80. The Labute approximate surface area is 88.0 Å². The summed E-state index contributed by atoms with van der Waals surface area (Å²) in [5, 5.41) is 0. The molecule has 78 valence electrons. The van der Waals surface area contributed by atoms with E-state index in [0.717, 1.165) is 12.1 Å². The highest BCUT2D eigenvalue weighted by Crippen LogP contribution is 2.16. The van der Waals surface area contributed by atoms with E-state index in [0.29, 0.717) is 12.0 Å². The Kier molecular flexibility index (Phi) is 5.35. The van der Waals surface area contributed by atoms with Gasteiger partial charge in [-0.2, -0.15) is 0 Å². The molecule has 14 heavy (non-hydrogen) atoms. The molecule has 0 aliphatic rings. The molecule has 0 bridgehead atoms. The normalized spacial score (nSPS) is 11.6. The minimum atomic E-state index is -0.864. The van der Waals surface area contributed by atoms with E-state index in [9.17, 15) is 8.78 Å². The second kappa shape index (κ2) is 5.73. The predicted molar refractivity (Wildman–Crippen MR) is 55.3 cm³/mol. The fourth-order valence-electron chi connectivity index (χ4n) is 1.06. The SMILES string of the molecule is C=CC[C@H](N)c1ccc(F)c(F)c1.Cl. The molecule has 0 aliphatic heterocycles. The Hall–Kier alpha value is -0.930. The average Bonchev–Trinajstić information content (AvgIpc) is 2.10. The highest BCUT2D eigenvalue weighted by molar-refractivity contribution is 5.85. The number of rotatable bonds is 3. The van der Waals surface area contributed by atoms with Gasteiger partial charge in [-0.15, -0.1) is 19.0 Å². The molecule has 0 fully saturated rings. The molecule has 0 saturated heterocycles. The summed E-state index contributed by atoms with van der Waals surface area (Å²) in [5.74, 6) is -1.72. The maximum atomic E-state index is 12.7. The Morgan fingerprint density at radius 1 is 1.36 bits per heavy atom. The molecule has 0 saturated carbocycles. The largest absolute Gasteiger partial charge is 0.324 e. The van der Waals surface area contributed by atoms with E-state index in [1.54, 1.807) is 6.08 Å². The number of halogens is 3. The van der Waals surface area contributed by atoms with Crippen LogP contribution in [0.3, 0.4) is 0 Å². The van der Waals surface area contributed by atoms with E-state index in [2.05, 4.69) is 6.58 Å². The van der Waals surface area contributed by atoms with E-state index in [1.807, 2.05) is 0 Å². The van der Waals surface area contributed by atoms with Crippen molar-refractivity contribution in [2.45, 2.75) is 12.5 Å². The Bertz CT molecular complexity index is 315. The van der Waals surface area contributed by atoms with Crippen LogP contribution in [0, 0.1) is 11.6 Å². The van der Waals surface area contributed by atoms with Crippen LogP contribution in [-0.4, -0.2) is 0 Å². The first-order chi connectivity index (χ1) is 6.15. The smallest absolute Gasteiger partial charge is 0.159 e. The zero-order valence-electron chi connectivity index (χ0n) is 7.54. The third-order valence-corrected chi connectivity index (χ3v) is 1.79. The van der Waals surface area contributed by atoms with E-state index in [1.165, 1.54) is 6.07 Å². The molecule has 1 nitrogen and oxygen atoms in total. The lowest BCUT2D eigenvalue weighted by Gasteiger charge is -2.08. The van der Waals surface area contributed by atoms with Crippen molar-refractivity contribution in [1.82, 2.24) is 0 Å². The molecule has 0 aliphatic carbocycles. The van der Waals surface area contributed by atoms with Crippen LogP contribution in [0.15, 0.2) is 30.9 Å². The molecule has 1 atom stereocenters. The third-order valence-electron chi connectivity index (χ3n) is 1.79. The topological polar surface area (TPSA) is 26.0 Å². The standard InChI is InChI=1S/C10H11F2N.ClH/c1-2-3-10(13)7-4-5-8(11)9(12)6-7;/h2,4-6,10H,1,3,13H2;1H/t10-;/m0./s1. The van der Waals surface area contributed by atoms with Crippen LogP contribution in [-0.2, 0) is 0 Å². The van der Waals surface area contributed by atoms with Crippen molar-refractivity contribution >= 4 is 12.4 Å². The lowest BCUT2D eigenvalue weighted by molar-refractivity contribution is 0.505. The molecule has 0 amide bonds. The van der Waals surface area contributed by atoms with E-state index >= 15 is 0 Å². The minimum Gasteiger partial charge on any atom is -0.324 e. The average molecular weight is 220 g/mol. The first-order valence-corrected chi connectivity index (χ1v) is 3.96. The second-order valence-corrected chi connectivity index (χ2v) is 2.80. The molecule has 0 radical (unpaired) electrons. The quantitative estimate of drug-likeness (QED) is 0.778. The van der Waals surface area contributed by atoms with Gasteiger partial charge >= 0.3 is 0 Å². The summed E-state index contributed by atoms with van der Waals surface area (Å²) in [4.78, 5) is 0. The molecular formula is C10H12ClF2N. The Morgan fingerprint density at radius 3 is 2.50 bits per heavy atom. The van der Waals surface area contributed by atoms with Gasteiger partial charge < -0.3 is 5.73 Å².